The zero-order chi connectivity index (χ0) is 19.1. The van der Waals surface area contributed by atoms with Gasteiger partial charge in [0.2, 0.25) is 0 Å². The topological polar surface area (TPSA) is 32.8 Å². The Balaban J connectivity index is 0.00000210. The minimum atomic E-state index is -0.346. The maximum absolute atomic E-state index is 13.1. The number of ketones is 1. The molecule has 0 bridgehead atoms. The zero-order valence-corrected chi connectivity index (χ0v) is 19.8. The molecule has 0 aliphatic carbocycles. The van der Waals surface area contributed by atoms with Crippen LogP contribution in [0.25, 0.3) is 0 Å². The molecule has 0 atom stereocenters. The number of piperidine rings is 1. The van der Waals surface area contributed by atoms with Gasteiger partial charge in [-0.25, -0.2) is 0 Å². The molecule has 0 N–H and O–H groups in total. The molecule has 2 aliphatic rings. The van der Waals surface area contributed by atoms with Crippen LogP contribution < -0.4 is 0 Å². The van der Waals surface area contributed by atoms with E-state index in [1.54, 1.807) is 0 Å². The lowest BCUT2D eigenvalue weighted by Crippen LogP contribution is -2.48. The van der Waals surface area contributed by atoms with Crippen molar-refractivity contribution < 1.29 is 9.53 Å². The minimum absolute atomic E-state index is 0. The third-order valence-corrected chi connectivity index (χ3v) is 6.39. The Bertz CT molecular complexity index is 616. The molecule has 2 aliphatic heterocycles. The van der Waals surface area contributed by atoms with Crippen LogP contribution in [0.15, 0.2) is 24.3 Å². The largest absolute Gasteiger partial charge is 0.379 e. The van der Waals surface area contributed by atoms with Crippen LogP contribution in [-0.4, -0.2) is 68.1 Å². The van der Waals surface area contributed by atoms with E-state index in [0.29, 0.717) is 12.2 Å². The first-order chi connectivity index (χ1) is 13.1. The molecule has 29 heavy (non-hydrogen) atoms. The van der Waals surface area contributed by atoms with Crippen LogP contribution in [0.4, 0.5) is 0 Å². The molecule has 0 saturated carbocycles. The van der Waals surface area contributed by atoms with Crippen molar-refractivity contribution in [1.29, 1.82) is 0 Å². The summed E-state index contributed by atoms with van der Waals surface area (Å²) in [4.78, 5) is 18.1. The Hall–Kier alpha value is -0.360. The number of hydrogen-bond donors (Lipinski definition) is 0. The van der Waals surface area contributed by atoms with Crippen molar-refractivity contribution in [3.63, 3.8) is 0 Å². The van der Waals surface area contributed by atoms with Gasteiger partial charge in [-0.05, 0) is 69.6 Å². The van der Waals surface area contributed by atoms with E-state index in [0.717, 1.165) is 82.3 Å². The van der Waals surface area contributed by atoms with E-state index >= 15 is 0 Å². The summed E-state index contributed by atoms with van der Waals surface area (Å²) in [5.41, 5.74) is 0.767. The van der Waals surface area contributed by atoms with E-state index in [9.17, 15) is 4.79 Å². The van der Waals surface area contributed by atoms with Gasteiger partial charge in [0.05, 0.1) is 18.6 Å². The monoisotopic (exact) mass is 464 g/mol. The summed E-state index contributed by atoms with van der Waals surface area (Å²) in [6.45, 7) is 10.2. The van der Waals surface area contributed by atoms with Crippen LogP contribution in [0.5, 0.6) is 0 Å². The van der Waals surface area contributed by atoms with E-state index in [-0.39, 0.29) is 30.2 Å². The summed E-state index contributed by atoms with van der Waals surface area (Å²) in [7, 11) is 0. The first-order valence-corrected chi connectivity index (χ1v) is 10.8. The van der Waals surface area contributed by atoms with Crippen molar-refractivity contribution in [2.24, 2.45) is 0 Å². The van der Waals surface area contributed by atoms with Crippen LogP contribution >= 0.6 is 36.4 Å². The van der Waals surface area contributed by atoms with Gasteiger partial charge < -0.3 is 9.64 Å². The Morgan fingerprint density at radius 1 is 1.07 bits per heavy atom. The molecule has 2 heterocycles. The van der Waals surface area contributed by atoms with Crippen LogP contribution in [0.1, 0.15) is 44.6 Å². The van der Waals surface area contributed by atoms with Gasteiger partial charge >= 0.3 is 0 Å². The number of likely N-dealkylation sites (tertiary alicyclic amines) is 1. The van der Waals surface area contributed by atoms with Crippen molar-refractivity contribution in [2.75, 3.05) is 52.5 Å². The highest BCUT2D eigenvalue weighted by Crippen LogP contribution is 2.38. The van der Waals surface area contributed by atoms with Crippen molar-refractivity contribution in [2.45, 2.75) is 44.4 Å². The van der Waals surface area contributed by atoms with Crippen LogP contribution in [0, 0.1) is 0 Å². The highest BCUT2D eigenvalue weighted by Gasteiger charge is 2.41. The maximum Gasteiger partial charge on any atom is 0.143 e. The molecule has 0 radical (unpaired) electrons. The number of nitrogens with zero attached hydrogens (tertiary/aromatic N) is 2. The number of benzene rings is 1. The predicted molar refractivity (Wildman–Crippen MR) is 125 cm³/mol. The van der Waals surface area contributed by atoms with E-state index in [1.807, 2.05) is 18.2 Å². The van der Waals surface area contributed by atoms with Crippen LogP contribution in [0.2, 0.25) is 5.02 Å². The molecule has 0 unspecified atom stereocenters. The molecule has 0 spiro atoms. The number of halogens is 3. The minimum Gasteiger partial charge on any atom is -0.379 e. The summed E-state index contributed by atoms with van der Waals surface area (Å²) in [5.74, 6) is 0.389. The maximum atomic E-state index is 13.1. The van der Waals surface area contributed by atoms with Crippen LogP contribution in [-0.2, 0) is 14.9 Å². The lowest BCUT2D eigenvalue weighted by atomic mass is 9.68. The predicted octanol–water partition coefficient (Wildman–Crippen LogP) is 4.61. The van der Waals surface area contributed by atoms with E-state index < -0.39 is 0 Å². The molecule has 2 fully saturated rings. The molecular formula is C22H35Cl3N2O2. The fraction of sp³-hybridized carbons (Fsp3) is 0.682. The zero-order valence-electron chi connectivity index (χ0n) is 17.4. The smallest absolute Gasteiger partial charge is 0.143 e. The molecule has 3 rings (SSSR count). The van der Waals surface area contributed by atoms with Gasteiger partial charge in [0, 0.05) is 24.5 Å². The number of hydrogen-bond acceptors (Lipinski definition) is 4. The van der Waals surface area contributed by atoms with E-state index in [2.05, 4.69) is 22.8 Å². The van der Waals surface area contributed by atoms with Gasteiger partial charge in [0.25, 0.3) is 0 Å². The number of carbonyl (C=O) groups is 1. The number of rotatable bonds is 8. The quantitative estimate of drug-likeness (QED) is 0.561. The number of morpholine rings is 1. The Morgan fingerprint density at radius 3 is 2.28 bits per heavy atom. The van der Waals surface area contributed by atoms with Crippen molar-refractivity contribution in [1.82, 2.24) is 9.80 Å². The Labute approximate surface area is 193 Å². The summed E-state index contributed by atoms with van der Waals surface area (Å²) < 4.78 is 5.42. The second-order valence-electron chi connectivity index (χ2n) is 7.91. The first kappa shape index (κ1) is 26.7. The normalized spacial score (nSPS) is 19.8. The van der Waals surface area contributed by atoms with Crippen molar-refractivity contribution in [3.05, 3.63) is 34.9 Å². The first-order valence-electron chi connectivity index (χ1n) is 10.5. The highest BCUT2D eigenvalue weighted by atomic mass is 35.5. The number of ether oxygens (including phenoxy) is 1. The van der Waals surface area contributed by atoms with Crippen molar-refractivity contribution >= 4 is 42.2 Å². The summed E-state index contributed by atoms with van der Waals surface area (Å²) >= 11 is 6.24. The second-order valence-corrected chi connectivity index (χ2v) is 8.35. The average molecular weight is 466 g/mol. The Morgan fingerprint density at radius 2 is 1.69 bits per heavy atom. The fourth-order valence-electron chi connectivity index (χ4n) is 4.48. The van der Waals surface area contributed by atoms with Crippen molar-refractivity contribution in [3.8, 4) is 0 Å². The molecule has 0 amide bonds. The Kier molecular flexibility index (Phi) is 12.1. The van der Waals surface area contributed by atoms with Gasteiger partial charge in [-0.1, -0.05) is 30.7 Å². The molecular weight excluding hydrogens is 431 g/mol. The molecule has 1 aromatic rings. The average Bonchev–Trinajstić information content (AvgIpc) is 2.69. The lowest BCUT2D eigenvalue weighted by Gasteiger charge is -2.41. The second kappa shape index (κ2) is 13.1. The molecule has 4 nitrogen and oxygen atoms in total. The van der Waals surface area contributed by atoms with E-state index in [4.69, 9.17) is 16.3 Å². The van der Waals surface area contributed by atoms with Crippen LogP contribution in [0.3, 0.4) is 0 Å². The third kappa shape index (κ3) is 7.09. The van der Waals surface area contributed by atoms with Gasteiger partial charge in [-0.15, -0.1) is 24.8 Å². The lowest BCUT2D eigenvalue weighted by molar-refractivity contribution is -0.126. The number of carbonyl (C=O) groups excluding carboxylic acids is 1. The van der Waals surface area contributed by atoms with Gasteiger partial charge in [0.1, 0.15) is 5.78 Å². The van der Waals surface area contributed by atoms with Gasteiger partial charge in [0.15, 0.2) is 0 Å². The summed E-state index contributed by atoms with van der Waals surface area (Å²) in [5, 5.41) is 0.726. The molecule has 1 aromatic carbocycles. The molecule has 7 heteroatoms. The molecule has 0 aromatic heterocycles. The van der Waals surface area contributed by atoms with Gasteiger partial charge in [-0.3, -0.25) is 9.69 Å². The number of Topliss-reactive ketones (excluding diaryl/α,β-unsaturated/α-hetero) is 1. The third-order valence-electron chi connectivity index (χ3n) is 6.15. The highest BCUT2D eigenvalue weighted by molar-refractivity contribution is 6.30. The van der Waals surface area contributed by atoms with Gasteiger partial charge in [-0.2, -0.15) is 0 Å². The summed E-state index contributed by atoms with van der Waals surface area (Å²) in [6, 6.07) is 7.97. The fourth-order valence-corrected chi connectivity index (χ4v) is 4.67. The molecule has 166 valence electrons. The standard InChI is InChI=1S/C22H33ClN2O2.2ClH/c1-2-5-21(26)22(19-6-3-7-20(23)18-19)8-12-24(13-9-22)10-4-11-25-14-16-27-17-15-25;;/h3,6-7,18H,2,4-5,8-17H2,1H3;2*1H. The summed E-state index contributed by atoms with van der Waals surface area (Å²) in [6.07, 6.45) is 4.56. The molecule has 2 saturated heterocycles. The SMILES string of the molecule is CCCC(=O)C1(c2cccc(Cl)c2)CCN(CCCN2CCOCC2)CC1.Cl.Cl. The van der Waals surface area contributed by atoms with E-state index in [1.165, 1.54) is 6.42 Å².